The summed E-state index contributed by atoms with van der Waals surface area (Å²) in [6, 6.07) is 20.3. The van der Waals surface area contributed by atoms with E-state index in [0.717, 1.165) is 18.4 Å². The molecule has 1 aliphatic carbocycles. The number of hydrogen-bond donors (Lipinski definition) is 1. The van der Waals surface area contributed by atoms with Gasteiger partial charge >= 0.3 is 0 Å². The molecule has 0 heterocycles. The Morgan fingerprint density at radius 1 is 1.00 bits per heavy atom. The molecule has 0 spiro atoms. The van der Waals surface area contributed by atoms with Crippen LogP contribution in [0.25, 0.3) is 0 Å². The molecule has 0 bridgehead atoms. The summed E-state index contributed by atoms with van der Waals surface area (Å²) in [5.41, 5.74) is 2.30. The SMILES string of the molecule is CC(C)(CC(CO[C@H]1CC[C@@H](OCc2ccccc2)C[C@@H]1F)c1ccccc1)[Si](C)(C)O. The van der Waals surface area contributed by atoms with Gasteiger partial charge in [-0.15, -0.1) is 0 Å². The molecule has 2 aromatic rings. The van der Waals surface area contributed by atoms with Crippen molar-refractivity contribution in [3.8, 4) is 0 Å². The van der Waals surface area contributed by atoms with Gasteiger partial charge in [0.25, 0.3) is 0 Å². The lowest BCUT2D eigenvalue weighted by Gasteiger charge is -2.39. The highest BCUT2D eigenvalue weighted by molar-refractivity contribution is 6.72. The van der Waals surface area contributed by atoms with Crippen LogP contribution in [0.15, 0.2) is 60.7 Å². The van der Waals surface area contributed by atoms with Crippen molar-refractivity contribution in [2.75, 3.05) is 6.61 Å². The van der Waals surface area contributed by atoms with Gasteiger partial charge in [0.2, 0.25) is 0 Å². The molecule has 2 aromatic carbocycles. The van der Waals surface area contributed by atoms with Gasteiger partial charge in [-0.1, -0.05) is 74.5 Å². The second-order valence-electron chi connectivity index (χ2n) is 10.4. The van der Waals surface area contributed by atoms with Crippen molar-refractivity contribution in [1.82, 2.24) is 0 Å². The Morgan fingerprint density at radius 2 is 1.62 bits per heavy atom. The molecule has 32 heavy (non-hydrogen) atoms. The van der Waals surface area contributed by atoms with E-state index in [2.05, 4.69) is 26.0 Å². The molecule has 1 N–H and O–H groups in total. The predicted molar refractivity (Wildman–Crippen MR) is 131 cm³/mol. The van der Waals surface area contributed by atoms with Gasteiger partial charge in [-0.3, -0.25) is 0 Å². The van der Waals surface area contributed by atoms with Crippen LogP contribution < -0.4 is 0 Å². The Morgan fingerprint density at radius 3 is 2.22 bits per heavy atom. The average Bonchev–Trinajstić information content (AvgIpc) is 2.76. The molecule has 1 aliphatic rings. The second-order valence-corrected chi connectivity index (χ2v) is 14.8. The van der Waals surface area contributed by atoms with Crippen molar-refractivity contribution in [2.45, 2.75) is 88.6 Å². The number of benzene rings is 2. The van der Waals surface area contributed by atoms with Gasteiger partial charge in [-0.05, 0) is 48.5 Å². The Kier molecular flexibility index (Phi) is 8.67. The summed E-state index contributed by atoms with van der Waals surface area (Å²) >= 11 is 0. The minimum absolute atomic E-state index is 0.0601. The highest BCUT2D eigenvalue weighted by Crippen LogP contribution is 2.44. The number of ether oxygens (including phenoxy) is 2. The third kappa shape index (κ3) is 6.98. The summed E-state index contributed by atoms with van der Waals surface area (Å²) in [6.45, 7) is 9.26. The highest BCUT2D eigenvalue weighted by Gasteiger charge is 2.40. The van der Waals surface area contributed by atoms with E-state index in [1.165, 1.54) is 5.56 Å². The fourth-order valence-corrected chi connectivity index (χ4v) is 5.03. The van der Waals surface area contributed by atoms with E-state index >= 15 is 0 Å². The summed E-state index contributed by atoms with van der Waals surface area (Å²) in [7, 11) is -2.36. The van der Waals surface area contributed by atoms with Crippen LogP contribution in [-0.2, 0) is 16.1 Å². The third-order valence-corrected chi connectivity index (χ3v) is 10.7. The first-order valence-corrected chi connectivity index (χ1v) is 14.8. The van der Waals surface area contributed by atoms with Crippen molar-refractivity contribution in [3.63, 3.8) is 0 Å². The molecule has 1 unspecified atom stereocenters. The summed E-state index contributed by atoms with van der Waals surface area (Å²) in [5.74, 6) is 0.129. The van der Waals surface area contributed by atoms with Gasteiger partial charge in [0, 0.05) is 12.3 Å². The van der Waals surface area contributed by atoms with E-state index in [1.807, 2.05) is 61.6 Å². The summed E-state index contributed by atoms with van der Waals surface area (Å²) in [6.07, 6.45) is 1.23. The van der Waals surface area contributed by atoms with Gasteiger partial charge in [-0.25, -0.2) is 4.39 Å². The number of rotatable bonds is 10. The standard InChI is InChI=1S/C27H39FO3Si/c1-27(2,32(3,4)29)18-23(22-13-9-6-10-14-22)20-31-26-16-15-24(17-25(26)28)30-19-21-11-7-5-8-12-21/h5-14,23-26,29H,15-20H2,1-4H3/t23?,24-,25+,26+/m1/s1. The molecule has 0 saturated heterocycles. The van der Waals surface area contributed by atoms with Crippen LogP contribution in [-0.4, -0.2) is 38.1 Å². The normalized spacial score (nSPS) is 23.1. The topological polar surface area (TPSA) is 38.7 Å². The largest absolute Gasteiger partial charge is 0.432 e. The van der Waals surface area contributed by atoms with Gasteiger partial charge in [0.05, 0.1) is 25.4 Å². The molecule has 4 atom stereocenters. The zero-order valence-electron chi connectivity index (χ0n) is 20.0. The second kappa shape index (κ2) is 11.1. The van der Waals surface area contributed by atoms with Crippen LogP contribution in [0.3, 0.4) is 0 Å². The number of halogens is 1. The van der Waals surface area contributed by atoms with Crippen molar-refractivity contribution in [2.24, 2.45) is 0 Å². The fraction of sp³-hybridized carbons (Fsp3) is 0.556. The maximum atomic E-state index is 15.0. The summed E-state index contributed by atoms with van der Waals surface area (Å²) < 4.78 is 27.1. The molecule has 1 fully saturated rings. The molecule has 0 aliphatic heterocycles. The predicted octanol–water partition coefficient (Wildman–Crippen LogP) is 6.63. The zero-order valence-corrected chi connectivity index (χ0v) is 21.0. The first-order valence-electron chi connectivity index (χ1n) is 11.8. The molecular weight excluding hydrogens is 419 g/mol. The molecule has 3 nitrogen and oxygen atoms in total. The smallest absolute Gasteiger partial charge is 0.188 e. The molecule has 3 rings (SSSR count). The van der Waals surface area contributed by atoms with Crippen LogP contribution in [0, 0.1) is 0 Å². The maximum absolute atomic E-state index is 15.0. The van der Waals surface area contributed by atoms with Crippen LogP contribution in [0.5, 0.6) is 0 Å². The number of hydrogen-bond acceptors (Lipinski definition) is 3. The monoisotopic (exact) mass is 458 g/mol. The first-order chi connectivity index (χ1) is 15.2. The van der Waals surface area contributed by atoms with Gasteiger partial charge in [0.1, 0.15) is 6.17 Å². The summed E-state index contributed by atoms with van der Waals surface area (Å²) in [4.78, 5) is 10.8. The molecular formula is C27H39FO3Si. The van der Waals surface area contributed by atoms with Gasteiger partial charge in [0.15, 0.2) is 8.32 Å². The maximum Gasteiger partial charge on any atom is 0.188 e. The molecule has 5 heteroatoms. The lowest BCUT2D eigenvalue weighted by Crippen LogP contribution is -2.41. The lowest BCUT2D eigenvalue weighted by molar-refractivity contribution is -0.0805. The lowest BCUT2D eigenvalue weighted by atomic mass is 9.89. The average molecular weight is 459 g/mol. The molecule has 0 aromatic heterocycles. The van der Waals surface area contributed by atoms with Gasteiger partial charge in [-0.2, -0.15) is 0 Å². The van der Waals surface area contributed by atoms with E-state index in [-0.39, 0.29) is 23.2 Å². The zero-order chi connectivity index (χ0) is 23.2. The van der Waals surface area contributed by atoms with Crippen LogP contribution in [0.4, 0.5) is 4.39 Å². The fourth-order valence-electron chi connectivity index (χ4n) is 4.28. The van der Waals surface area contributed by atoms with E-state index in [0.29, 0.717) is 26.1 Å². The Hall–Kier alpha value is -1.53. The van der Waals surface area contributed by atoms with E-state index < -0.39 is 14.5 Å². The van der Waals surface area contributed by atoms with E-state index in [9.17, 15) is 9.19 Å². The Labute approximate surface area is 194 Å². The molecule has 0 radical (unpaired) electrons. The molecule has 176 valence electrons. The van der Waals surface area contributed by atoms with Crippen molar-refractivity contribution in [3.05, 3.63) is 71.8 Å². The van der Waals surface area contributed by atoms with Crippen LogP contribution >= 0.6 is 0 Å². The van der Waals surface area contributed by atoms with Crippen molar-refractivity contribution >= 4 is 8.32 Å². The van der Waals surface area contributed by atoms with Crippen LogP contribution in [0.1, 0.15) is 56.6 Å². The van der Waals surface area contributed by atoms with E-state index in [1.54, 1.807) is 0 Å². The number of alkyl halides is 1. The first kappa shape index (κ1) is 25.1. The van der Waals surface area contributed by atoms with Crippen molar-refractivity contribution in [1.29, 1.82) is 0 Å². The summed E-state index contributed by atoms with van der Waals surface area (Å²) in [5, 5.41) is -0.172. The molecule has 1 saturated carbocycles. The van der Waals surface area contributed by atoms with Crippen molar-refractivity contribution < 1.29 is 18.7 Å². The highest BCUT2D eigenvalue weighted by atomic mass is 28.4. The van der Waals surface area contributed by atoms with Gasteiger partial charge < -0.3 is 14.3 Å². The minimum Gasteiger partial charge on any atom is -0.432 e. The van der Waals surface area contributed by atoms with Crippen LogP contribution in [0.2, 0.25) is 18.1 Å². The minimum atomic E-state index is -2.36. The quantitative estimate of drug-likeness (QED) is 0.406. The Bertz CT molecular complexity index is 807. The third-order valence-electron chi connectivity index (χ3n) is 7.19. The van der Waals surface area contributed by atoms with E-state index in [4.69, 9.17) is 9.47 Å². The molecule has 0 amide bonds. The Balaban J connectivity index is 1.55.